The summed E-state index contributed by atoms with van der Waals surface area (Å²) >= 11 is 0. The molecule has 2 N–H and O–H groups in total. The number of methoxy groups -OCH3 is 1. The Kier molecular flexibility index (Phi) is 4.18. The number of benzene rings is 1. The van der Waals surface area contributed by atoms with Crippen molar-refractivity contribution in [2.45, 2.75) is 13.3 Å². The van der Waals surface area contributed by atoms with Crippen molar-refractivity contribution in [1.29, 1.82) is 0 Å². The molecule has 0 atom stereocenters. The number of nitrogen functional groups attached to an aromatic ring is 1. The maximum Gasteiger partial charge on any atom is 0.161 e. The third-order valence-electron chi connectivity index (χ3n) is 2.56. The molecule has 2 rings (SSSR count). The summed E-state index contributed by atoms with van der Waals surface area (Å²) in [7, 11) is 1.61. The normalized spacial score (nSPS) is 10.2. The molecular weight excluding hydrogens is 242 g/mol. The number of nitrogens with two attached hydrogens (primary N) is 1. The Bertz CT molecular complexity index is 541. The van der Waals surface area contributed by atoms with E-state index in [9.17, 15) is 0 Å². The van der Waals surface area contributed by atoms with Gasteiger partial charge in [0.25, 0.3) is 0 Å². The average molecular weight is 259 g/mol. The number of aromatic nitrogens is 2. The summed E-state index contributed by atoms with van der Waals surface area (Å²) in [6.07, 6.45) is 4.11. The first kappa shape index (κ1) is 13.1. The summed E-state index contributed by atoms with van der Waals surface area (Å²) in [6.45, 7) is 2.72. The molecule has 0 amide bonds. The summed E-state index contributed by atoms with van der Waals surface area (Å²) in [4.78, 5) is 8.37. The zero-order valence-electron chi connectivity index (χ0n) is 11.1. The molecule has 1 heterocycles. The van der Waals surface area contributed by atoms with Gasteiger partial charge in [-0.1, -0.05) is 6.92 Å². The first-order chi connectivity index (χ1) is 9.24. The van der Waals surface area contributed by atoms with Crippen molar-refractivity contribution >= 4 is 5.69 Å². The molecule has 1 aromatic heterocycles. The molecule has 0 saturated carbocycles. The van der Waals surface area contributed by atoms with Crippen LogP contribution in [0.3, 0.4) is 0 Å². The molecule has 5 nitrogen and oxygen atoms in total. The number of anilines is 1. The van der Waals surface area contributed by atoms with Gasteiger partial charge in [0.2, 0.25) is 0 Å². The summed E-state index contributed by atoms with van der Waals surface area (Å²) in [5.74, 6) is 2.00. The minimum atomic E-state index is 0.540. The number of nitrogens with zero attached hydrogens (tertiary/aromatic N) is 2. The number of rotatable bonds is 5. The lowest BCUT2D eigenvalue weighted by Crippen LogP contribution is -1.98. The second kappa shape index (κ2) is 6.04. The molecule has 2 aromatic rings. The van der Waals surface area contributed by atoms with Crippen molar-refractivity contribution in [3.8, 4) is 22.9 Å². The Hall–Kier alpha value is -2.30. The van der Waals surface area contributed by atoms with E-state index in [0.717, 1.165) is 17.7 Å². The standard InChI is InChI=1S/C14H17N3O2/c1-3-6-19-12-5-4-10(7-13(12)18-2)14-16-8-11(15)9-17-14/h4-5,7-9H,3,6,15H2,1-2H3. The largest absolute Gasteiger partial charge is 0.493 e. The highest BCUT2D eigenvalue weighted by atomic mass is 16.5. The fraction of sp³-hybridized carbons (Fsp3) is 0.286. The van der Waals surface area contributed by atoms with E-state index in [4.69, 9.17) is 15.2 Å². The van der Waals surface area contributed by atoms with Crippen LogP contribution in [0.5, 0.6) is 11.5 Å². The van der Waals surface area contributed by atoms with E-state index in [1.807, 2.05) is 18.2 Å². The third-order valence-corrected chi connectivity index (χ3v) is 2.56. The van der Waals surface area contributed by atoms with Crippen molar-refractivity contribution in [3.63, 3.8) is 0 Å². The Morgan fingerprint density at radius 1 is 1.16 bits per heavy atom. The molecule has 0 unspecified atom stereocenters. The van der Waals surface area contributed by atoms with E-state index in [-0.39, 0.29) is 0 Å². The highest BCUT2D eigenvalue weighted by Crippen LogP contribution is 2.31. The van der Waals surface area contributed by atoms with Gasteiger partial charge >= 0.3 is 0 Å². The van der Waals surface area contributed by atoms with Crippen LogP contribution >= 0.6 is 0 Å². The maximum atomic E-state index is 5.60. The van der Waals surface area contributed by atoms with E-state index < -0.39 is 0 Å². The maximum absolute atomic E-state index is 5.60. The highest BCUT2D eigenvalue weighted by molar-refractivity contribution is 5.61. The molecule has 0 aliphatic rings. The van der Waals surface area contributed by atoms with Crippen LogP contribution in [0, 0.1) is 0 Å². The minimum absolute atomic E-state index is 0.540. The molecule has 0 aliphatic heterocycles. The Morgan fingerprint density at radius 2 is 1.89 bits per heavy atom. The second-order valence-electron chi connectivity index (χ2n) is 4.05. The fourth-order valence-corrected chi connectivity index (χ4v) is 1.63. The predicted octanol–water partition coefficient (Wildman–Crippen LogP) is 2.52. The van der Waals surface area contributed by atoms with Crippen LogP contribution < -0.4 is 15.2 Å². The lowest BCUT2D eigenvalue weighted by Gasteiger charge is -2.11. The van der Waals surface area contributed by atoms with Gasteiger partial charge in [-0.2, -0.15) is 0 Å². The van der Waals surface area contributed by atoms with Gasteiger partial charge in [-0.25, -0.2) is 9.97 Å². The Labute approximate surface area is 112 Å². The average Bonchev–Trinajstić information content (AvgIpc) is 2.46. The zero-order valence-corrected chi connectivity index (χ0v) is 11.1. The summed E-state index contributed by atoms with van der Waals surface area (Å²) in [5, 5.41) is 0. The first-order valence-electron chi connectivity index (χ1n) is 6.13. The van der Waals surface area contributed by atoms with Crippen LogP contribution in [-0.4, -0.2) is 23.7 Å². The van der Waals surface area contributed by atoms with Gasteiger partial charge in [0.15, 0.2) is 17.3 Å². The van der Waals surface area contributed by atoms with Crippen LogP contribution in [0.2, 0.25) is 0 Å². The quantitative estimate of drug-likeness (QED) is 0.893. The predicted molar refractivity (Wildman–Crippen MR) is 74.2 cm³/mol. The smallest absolute Gasteiger partial charge is 0.161 e. The lowest BCUT2D eigenvalue weighted by atomic mass is 10.2. The Morgan fingerprint density at radius 3 is 2.53 bits per heavy atom. The van der Waals surface area contributed by atoms with Gasteiger partial charge in [-0.05, 0) is 24.6 Å². The molecule has 5 heteroatoms. The molecule has 0 saturated heterocycles. The van der Waals surface area contributed by atoms with Crippen molar-refractivity contribution in [1.82, 2.24) is 9.97 Å². The van der Waals surface area contributed by atoms with Crippen molar-refractivity contribution in [2.75, 3.05) is 19.5 Å². The van der Waals surface area contributed by atoms with E-state index in [0.29, 0.717) is 23.9 Å². The molecule has 0 bridgehead atoms. The summed E-state index contributed by atoms with van der Waals surface area (Å²) < 4.78 is 10.9. The van der Waals surface area contributed by atoms with Crippen LogP contribution in [-0.2, 0) is 0 Å². The molecule has 0 spiro atoms. The number of hydrogen-bond acceptors (Lipinski definition) is 5. The van der Waals surface area contributed by atoms with Gasteiger partial charge in [0, 0.05) is 5.56 Å². The van der Waals surface area contributed by atoms with Gasteiger partial charge in [-0.3, -0.25) is 0 Å². The zero-order chi connectivity index (χ0) is 13.7. The van der Waals surface area contributed by atoms with E-state index in [2.05, 4.69) is 16.9 Å². The number of ether oxygens (including phenoxy) is 2. The second-order valence-corrected chi connectivity index (χ2v) is 4.05. The van der Waals surface area contributed by atoms with Crippen LogP contribution in [0.1, 0.15) is 13.3 Å². The van der Waals surface area contributed by atoms with Gasteiger partial charge in [0.1, 0.15) is 0 Å². The van der Waals surface area contributed by atoms with Gasteiger partial charge in [0.05, 0.1) is 31.8 Å². The van der Waals surface area contributed by atoms with Gasteiger partial charge in [-0.15, -0.1) is 0 Å². The first-order valence-corrected chi connectivity index (χ1v) is 6.13. The fourth-order valence-electron chi connectivity index (χ4n) is 1.63. The van der Waals surface area contributed by atoms with Crippen LogP contribution in [0.25, 0.3) is 11.4 Å². The molecule has 0 radical (unpaired) electrons. The van der Waals surface area contributed by atoms with E-state index in [1.54, 1.807) is 19.5 Å². The summed E-state index contributed by atoms with van der Waals surface area (Å²) in [6, 6.07) is 5.62. The van der Waals surface area contributed by atoms with Crippen LogP contribution in [0.4, 0.5) is 5.69 Å². The molecular formula is C14H17N3O2. The topological polar surface area (TPSA) is 70.3 Å². The van der Waals surface area contributed by atoms with Crippen LogP contribution in [0.15, 0.2) is 30.6 Å². The van der Waals surface area contributed by atoms with Crippen molar-refractivity contribution in [3.05, 3.63) is 30.6 Å². The molecule has 0 fully saturated rings. The molecule has 19 heavy (non-hydrogen) atoms. The SMILES string of the molecule is CCCOc1ccc(-c2ncc(N)cn2)cc1OC. The highest BCUT2D eigenvalue weighted by Gasteiger charge is 2.08. The molecule has 0 aliphatic carbocycles. The van der Waals surface area contributed by atoms with E-state index in [1.165, 1.54) is 0 Å². The number of hydrogen-bond donors (Lipinski definition) is 1. The van der Waals surface area contributed by atoms with Crippen molar-refractivity contribution < 1.29 is 9.47 Å². The molecule has 100 valence electrons. The summed E-state index contributed by atoms with van der Waals surface area (Å²) in [5.41, 5.74) is 6.97. The van der Waals surface area contributed by atoms with Gasteiger partial charge < -0.3 is 15.2 Å². The van der Waals surface area contributed by atoms with Crippen molar-refractivity contribution in [2.24, 2.45) is 0 Å². The Balaban J connectivity index is 2.30. The third kappa shape index (κ3) is 3.13. The van der Waals surface area contributed by atoms with E-state index >= 15 is 0 Å². The molecule has 1 aromatic carbocycles. The minimum Gasteiger partial charge on any atom is -0.493 e. The lowest BCUT2D eigenvalue weighted by molar-refractivity contribution is 0.294. The monoisotopic (exact) mass is 259 g/mol.